The van der Waals surface area contributed by atoms with Crippen LogP contribution in [0.1, 0.15) is 87.9 Å². The summed E-state index contributed by atoms with van der Waals surface area (Å²) in [6, 6.07) is 9.05. The second kappa shape index (κ2) is 11.8. The molecule has 1 saturated carbocycles. The molecule has 1 aliphatic carbocycles. The molecule has 0 saturated heterocycles. The summed E-state index contributed by atoms with van der Waals surface area (Å²) in [5, 5.41) is 0. The Hall–Kier alpha value is -1.84. The zero-order chi connectivity index (χ0) is 19.4. The average Bonchev–Trinajstić information content (AvgIpc) is 2.72. The molecule has 0 bridgehead atoms. The molecular weight excluding hydrogens is 340 g/mol. The summed E-state index contributed by atoms with van der Waals surface area (Å²) >= 11 is 0. The summed E-state index contributed by atoms with van der Waals surface area (Å²) in [6.07, 6.45) is 11.4. The van der Waals surface area contributed by atoms with E-state index in [1.54, 1.807) is 12.1 Å². The van der Waals surface area contributed by atoms with Crippen molar-refractivity contribution in [3.05, 3.63) is 35.9 Å². The quantitative estimate of drug-likeness (QED) is 0.368. The molecule has 0 aliphatic heterocycles. The van der Waals surface area contributed by atoms with Crippen LogP contribution >= 0.6 is 0 Å². The van der Waals surface area contributed by atoms with Crippen molar-refractivity contribution in [3.63, 3.8) is 0 Å². The lowest BCUT2D eigenvalue weighted by atomic mass is 9.75. The average molecular weight is 375 g/mol. The van der Waals surface area contributed by atoms with Gasteiger partial charge in [0, 0.05) is 11.8 Å². The number of carbonyl (C=O) groups excluding carboxylic acids is 2. The zero-order valence-electron chi connectivity index (χ0n) is 16.7. The third-order valence-corrected chi connectivity index (χ3v) is 5.46. The number of esters is 2. The minimum Gasteiger partial charge on any atom is -0.465 e. The van der Waals surface area contributed by atoms with E-state index in [0.717, 1.165) is 38.5 Å². The number of hydrogen-bond donors (Lipinski definition) is 0. The maximum atomic E-state index is 12.3. The number of ether oxygens (including phenoxy) is 2. The van der Waals surface area contributed by atoms with Gasteiger partial charge in [-0.3, -0.25) is 4.79 Å². The Morgan fingerprint density at radius 2 is 1.56 bits per heavy atom. The minimum atomic E-state index is -0.303. The smallest absolute Gasteiger partial charge is 0.338 e. The van der Waals surface area contributed by atoms with Crippen molar-refractivity contribution in [1.82, 2.24) is 0 Å². The molecule has 4 heteroatoms. The number of unbranched alkanes of at least 4 members (excludes halogenated alkanes) is 4. The Bertz CT molecular complexity index is 561. The van der Waals surface area contributed by atoms with Crippen LogP contribution in [0.3, 0.4) is 0 Å². The molecule has 1 fully saturated rings. The SMILES string of the molecule is CCCCCCCC(=O)OCC1(COC(=O)c2ccccc2)CCCCC1. The van der Waals surface area contributed by atoms with Gasteiger partial charge in [0.25, 0.3) is 0 Å². The van der Waals surface area contributed by atoms with Gasteiger partial charge in [-0.05, 0) is 31.4 Å². The van der Waals surface area contributed by atoms with Gasteiger partial charge in [-0.15, -0.1) is 0 Å². The van der Waals surface area contributed by atoms with Crippen LogP contribution in [0, 0.1) is 5.41 Å². The monoisotopic (exact) mass is 374 g/mol. The lowest BCUT2D eigenvalue weighted by molar-refractivity contribution is -0.149. The minimum absolute atomic E-state index is 0.120. The number of carbonyl (C=O) groups is 2. The molecule has 0 aromatic heterocycles. The molecule has 1 aliphatic rings. The van der Waals surface area contributed by atoms with Gasteiger partial charge in [0.2, 0.25) is 0 Å². The fourth-order valence-corrected chi connectivity index (χ4v) is 3.69. The lowest BCUT2D eigenvalue weighted by Crippen LogP contribution is -2.36. The Kier molecular flexibility index (Phi) is 9.37. The van der Waals surface area contributed by atoms with Crippen LogP contribution in [0.5, 0.6) is 0 Å². The number of hydrogen-bond acceptors (Lipinski definition) is 4. The van der Waals surface area contributed by atoms with Gasteiger partial charge < -0.3 is 9.47 Å². The molecule has 0 heterocycles. The van der Waals surface area contributed by atoms with Crippen molar-refractivity contribution in [3.8, 4) is 0 Å². The molecular formula is C23H34O4. The third kappa shape index (κ3) is 7.74. The normalized spacial score (nSPS) is 15.9. The van der Waals surface area contributed by atoms with Crippen molar-refractivity contribution in [1.29, 1.82) is 0 Å². The fourth-order valence-electron chi connectivity index (χ4n) is 3.69. The van der Waals surface area contributed by atoms with Crippen molar-refractivity contribution in [2.24, 2.45) is 5.41 Å². The molecule has 4 nitrogen and oxygen atoms in total. The predicted molar refractivity (Wildman–Crippen MR) is 107 cm³/mol. The van der Waals surface area contributed by atoms with Crippen molar-refractivity contribution in [2.75, 3.05) is 13.2 Å². The summed E-state index contributed by atoms with van der Waals surface area (Å²) in [7, 11) is 0. The highest BCUT2D eigenvalue weighted by Gasteiger charge is 2.35. The van der Waals surface area contributed by atoms with E-state index in [1.807, 2.05) is 18.2 Å². The maximum absolute atomic E-state index is 12.3. The first kappa shape index (κ1) is 21.5. The lowest BCUT2D eigenvalue weighted by Gasteiger charge is -2.36. The highest BCUT2D eigenvalue weighted by molar-refractivity contribution is 5.89. The van der Waals surface area contributed by atoms with Crippen LogP contribution in [0.2, 0.25) is 0 Å². The van der Waals surface area contributed by atoms with Crippen LogP contribution in [-0.2, 0) is 14.3 Å². The van der Waals surface area contributed by atoms with Crippen LogP contribution < -0.4 is 0 Å². The highest BCUT2D eigenvalue weighted by Crippen LogP contribution is 2.37. The summed E-state index contributed by atoms with van der Waals surface area (Å²) in [5.41, 5.74) is 0.341. The summed E-state index contributed by atoms with van der Waals surface area (Å²) in [4.78, 5) is 24.4. The van der Waals surface area contributed by atoms with Gasteiger partial charge in [-0.25, -0.2) is 4.79 Å². The highest BCUT2D eigenvalue weighted by atomic mass is 16.5. The molecule has 150 valence electrons. The molecule has 27 heavy (non-hydrogen) atoms. The van der Waals surface area contributed by atoms with Gasteiger partial charge in [-0.1, -0.05) is 70.1 Å². The van der Waals surface area contributed by atoms with E-state index < -0.39 is 0 Å². The fraction of sp³-hybridized carbons (Fsp3) is 0.652. The van der Waals surface area contributed by atoms with E-state index in [9.17, 15) is 9.59 Å². The van der Waals surface area contributed by atoms with Crippen LogP contribution in [0.4, 0.5) is 0 Å². The Balaban J connectivity index is 1.79. The van der Waals surface area contributed by atoms with Gasteiger partial charge in [0.15, 0.2) is 0 Å². The molecule has 0 atom stereocenters. The summed E-state index contributed by atoms with van der Waals surface area (Å²) in [5.74, 6) is -0.423. The van der Waals surface area contributed by atoms with Crippen LogP contribution in [-0.4, -0.2) is 25.2 Å². The van der Waals surface area contributed by atoms with Gasteiger partial charge in [0.1, 0.15) is 13.2 Å². The maximum Gasteiger partial charge on any atom is 0.338 e. The van der Waals surface area contributed by atoms with Crippen molar-refractivity contribution < 1.29 is 19.1 Å². The Labute approximate surface area is 163 Å². The number of benzene rings is 1. The molecule has 0 N–H and O–H groups in total. The van der Waals surface area contributed by atoms with E-state index in [4.69, 9.17) is 9.47 Å². The Morgan fingerprint density at radius 1 is 0.889 bits per heavy atom. The van der Waals surface area contributed by atoms with E-state index in [-0.39, 0.29) is 17.4 Å². The van der Waals surface area contributed by atoms with E-state index >= 15 is 0 Å². The van der Waals surface area contributed by atoms with E-state index in [2.05, 4.69) is 6.92 Å². The molecule has 0 unspecified atom stereocenters. The first-order valence-electron chi connectivity index (χ1n) is 10.5. The predicted octanol–water partition coefficient (Wildman–Crippen LogP) is 5.70. The van der Waals surface area contributed by atoms with Gasteiger partial charge in [0.05, 0.1) is 5.56 Å². The molecule has 0 amide bonds. The zero-order valence-corrected chi connectivity index (χ0v) is 16.7. The third-order valence-electron chi connectivity index (χ3n) is 5.46. The Morgan fingerprint density at radius 3 is 2.26 bits per heavy atom. The van der Waals surface area contributed by atoms with Crippen LogP contribution in [0.15, 0.2) is 30.3 Å². The molecule has 2 rings (SSSR count). The van der Waals surface area contributed by atoms with Crippen molar-refractivity contribution in [2.45, 2.75) is 77.6 Å². The number of rotatable bonds is 11. The first-order valence-corrected chi connectivity index (χ1v) is 10.5. The van der Waals surface area contributed by atoms with Crippen LogP contribution in [0.25, 0.3) is 0 Å². The topological polar surface area (TPSA) is 52.6 Å². The molecule has 1 aromatic rings. The standard InChI is InChI=1S/C23H34O4/c1-2-3-4-5-10-15-21(24)26-18-23(16-11-7-12-17-23)19-27-22(25)20-13-8-6-9-14-20/h6,8-9,13-14H,2-5,7,10-12,15-19H2,1H3. The molecule has 1 aromatic carbocycles. The van der Waals surface area contributed by atoms with Gasteiger partial charge >= 0.3 is 11.9 Å². The molecule has 0 radical (unpaired) electrons. The first-order chi connectivity index (χ1) is 13.2. The van der Waals surface area contributed by atoms with Gasteiger partial charge in [-0.2, -0.15) is 0 Å². The largest absolute Gasteiger partial charge is 0.465 e. The second-order valence-corrected chi connectivity index (χ2v) is 7.83. The summed E-state index contributed by atoms with van der Waals surface area (Å²) in [6.45, 7) is 2.87. The summed E-state index contributed by atoms with van der Waals surface area (Å²) < 4.78 is 11.2. The van der Waals surface area contributed by atoms with E-state index in [1.165, 1.54) is 25.7 Å². The molecule has 0 spiro atoms. The second-order valence-electron chi connectivity index (χ2n) is 7.83. The van der Waals surface area contributed by atoms with Crippen molar-refractivity contribution >= 4 is 11.9 Å². The van der Waals surface area contributed by atoms with E-state index in [0.29, 0.717) is 25.2 Å².